The van der Waals surface area contributed by atoms with Crippen LogP contribution in [0.3, 0.4) is 0 Å². The van der Waals surface area contributed by atoms with Crippen molar-refractivity contribution in [2.45, 2.75) is 29.7 Å². The van der Waals surface area contributed by atoms with E-state index in [0.717, 1.165) is 21.5 Å². The minimum atomic E-state index is 0.496. The van der Waals surface area contributed by atoms with Crippen molar-refractivity contribution in [2.24, 2.45) is 0 Å². The van der Waals surface area contributed by atoms with Crippen LogP contribution >= 0.6 is 11.8 Å². The fraction of sp³-hybridized carbons (Fsp3) is 0.136. The first-order valence-corrected chi connectivity index (χ1v) is 9.92. The molecule has 3 N–H and O–H groups in total. The molecule has 4 aromatic rings. The zero-order chi connectivity index (χ0) is 19.5. The molecular weight excluding hydrogens is 366 g/mol. The van der Waals surface area contributed by atoms with Gasteiger partial charge in [0.15, 0.2) is 5.82 Å². The minimum Gasteiger partial charge on any atom is -0.394 e. The van der Waals surface area contributed by atoms with E-state index in [4.69, 9.17) is 5.73 Å². The Labute approximate surface area is 168 Å². The predicted octanol–water partition coefficient (Wildman–Crippen LogP) is 5.63. The molecule has 0 fully saturated rings. The van der Waals surface area contributed by atoms with E-state index in [1.54, 1.807) is 6.20 Å². The molecule has 0 amide bonds. The van der Waals surface area contributed by atoms with Crippen LogP contribution in [0.15, 0.2) is 77.0 Å². The monoisotopic (exact) mass is 387 g/mol. The molecule has 2 aromatic heterocycles. The summed E-state index contributed by atoms with van der Waals surface area (Å²) in [4.78, 5) is 14.2. The number of nitrogens with zero attached hydrogens (tertiary/aromatic N) is 3. The number of anilines is 3. The van der Waals surface area contributed by atoms with Crippen molar-refractivity contribution in [3.05, 3.63) is 72.7 Å². The van der Waals surface area contributed by atoms with Crippen LogP contribution in [0.2, 0.25) is 0 Å². The van der Waals surface area contributed by atoms with Crippen molar-refractivity contribution >= 4 is 39.9 Å². The van der Waals surface area contributed by atoms with Crippen molar-refractivity contribution in [1.29, 1.82) is 0 Å². The van der Waals surface area contributed by atoms with Gasteiger partial charge in [-0.15, -0.1) is 0 Å². The van der Waals surface area contributed by atoms with Gasteiger partial charge in [-0.05, 0) is 35.7 Å². The van der Waals surface area contributed by atoms with E-state index in [1.807, 2.05) is 42.5 Å². The molecule has 0 aliphatic rings. The number of nitrogens with two attached hydrogens (primary N) is 1. The van der Waals surface area contributed by atoms with Crippen LogP contribution in [0.4, 0.5) is 17.2 Å². The third kappa shape index (κ3) is 3.77. The van der Waals surface area contributed by atoms with Crippen molar-refractivity contribution in [2.75, 3.05) is 11.1 Å². The Balaban J connectivity index is 1.61. The Morgan fingerprint density at radius 3 is 2.50 bits per heavy atom. The smallest absolute Gasteiger partial charge is 0.158 e. The van der Waals surface area contributed by atoms with Gasteiger partial charge in [-0.2, -0.15) is 0 Å². The normalized spacial score (nSPS) is 11.1. The van der Waals surface area contributed by atoms with Gasteiger partial charge in [0.05, 0.1) is 5.52 Å². The predicted molar refractivity (Wildman–Crippen MR) is 116 cm³/mol. The molecule has 140 valence electrons. The second-order valence-corrected chi connectivity index (χ2v) is 7.81. The summed E-state index contributed by atoms with van der Waals surface area (Å²) in [5.74, 6) is 1.10. The fourth-order valence-electron chi connectivity index (χ4n) is 2.91. The van der Waals surface area contributed by atoms with Gasteiger partial charge < -0.3 is 11.1 Å². The maximum Gasteiger partial charge on any atom is 0.158 e. The van der Waals surface area contributed by atoms with E-state index in [9.17, 15) is 0 Å². The van der Waals surface area contributed by atoms with Crippen molar-refractivity contribution in [3.63, 3.8) is 0 Å². The maximum absolute atomic E-state index is 6.37. The molecule has 0 unspecified atom stereocenters. The zero-order valence-corrected chi connectivity index (χ0v) is 16.6. The summed E-state index contributed by atoms with van der Waals surface area (Å²) >= 11 is 1.50. The number of pyridine rings is 1. The van der Waals surface area contributed by atoms with E-state index in [0.29, 0.717) is 22.4 Å². The molecule has 4 rings (SSSR count). The van der Waals surface area contributed by atoms with Crippen molar-refractivity contribution in [3.8, 4) is 0 Å². The number of nitrogens with one attached hydrogen (secondary N) is 1. The van der Waals surface area contributed by atoms with Gasteiger partial charge >= 0.3 is 0 Å². The first kappa shape index (κ1) is 18.3. The highest BCUT2D eigenvalue weighted by atomic mass is 32.2. The maximum atomic E-state index is 6.37. The minimum absolute atomic E-state index is 0.496. The topological polar surface area (TPSA) is 76.7 Å². The molecule has 0 aliphatic heterocycles. The molecule has 0 radical (unpaired) electrons. The lowest BCUT2D eigenvalue weighted by molar-refractivity contribution is 0.867. The number of hydrogen-bond donors (Lipinski definition) is 2. The Morgan fingerprint density at radius 1 is 0.929 bits per heavy atom. The van der Waals surface area contributed by atoms with E-state index in [2.05, 4.69) is 46.2 Å². The molecule has 6 heteroatoms. The van der Waals surface area contributed by atoms with Gasteiger partial charge in [0.25, 0.3) is 0 Å². The number of fused-ring (bicyclic) bond motifs is 1. The molecule has 2 heterocycles. The van der Waals surface area contributed by atoms with Gasteiger partial charge in [0.1, 0.15) is 17.0 Å². The zero-order valence-electron chi connectivity index (χ0n) is 15.8. The average molecular weight is 388 g/mol. The second kappa shape index (κ2) is 7.86. The Bertz CT molecular complexity index is 1100. The molecule has 0 atom stereocenters. The molecule has 0 saturated heterocycles. The second-order valence-electron chi connectivity index (χ2n) is 6.78. The Kier molecular flexibility index (Phi) is 5.12. The van der Waals surface area contributed by atoms with Crippen LogP contribution in [0.1, 0.15) is 25.3 Å². The summed E-state index contributed by atoms with van der Waals surface area (Å²) < 4.78 is 0. The molecule has 28 heavy (non-hydrogen) atoms. The van der Waals surface area contributed by atoms with Gasteiger partial charge in [0.2, 0.25) is 0 Å². The van der Waals surface area contributed by atoms with Crippen molar-refractivity contribution in [1.82, 2.24) is 15.0 Å². The lowest BCUT2D eigenvalue weighted by Gasteiger charge is -2.12. The highest BCUT2D eigenvalue weighted by Gasteiger charge is 2.12. The van der Waals surface area contributed by atoms with E-state index < -0.39 is 0 Å². The molecule has 0 saturated carbocycles. The van der Waals surface area contributed by atoms with Gasteiger partial charge in [-0.25, -0.2) is 9.97 Å². The molecule has 0 aliphatic carbocycles. The molecule has 5 nitrogen and oxygen atoms in total. The summed E-state index contributed by atoms with van der Waals surface area (Å²) in [6.07, 6.45) is 3.33. The van der Waals surface area contributed by atoms with Crippen molar-refractivity contribution < 1.29 is 0 Å². The summed E-state index contributed by atoms with van der Waals surface area (Å²) in [5, 5.41) is 5.09. The van der Waals surface area contributed by atoms with Crippen LogP contribution in [0.5, 0.6) is 0 Å². The fourth-order valence-corrected chi connectivity index (χ4v) is 3.84. The largest absolute Gasteiger partial charge is 0.394 e. The first-order valence-electron chi connectivity index (χ1n) is 9.11. The lowest BCUT2D eigenvalue weighted by Crippen LogP contribution is -2.02. The summed E-state index contributed by atoms with van der Waals surface area (Å²) in [6, 6.07) is 18.4. The van der Waals surface area contributed by atoms with Gasteiger partial charge in [-0.1, -0.05) is 55.9 Å². The molecule has 2 aromatic carbocycles. The highest BCUT2D eigenvalue weighted by molar-refractivity contribution is 7.99. The van der Waals surface area contributed by atoms with Gasteiger partial charge in [0, 0.05) is 22.2 Å². The van der Waals surface area contributed by atoms with Crippen LogP contribution in [0.25, 0.3) is 10.9 Å². The first-order chi connectivity index (χ1) is 13.6. The van der Waals surface area contributed by atoms with E-state index in [-0.39, 0.29) is 0 Å². The number of benzene rings is 2. The third-order valence-electron chi connectivity index (χ3n) is 4.49. The number of para-hydroxylation sites is 1. The number of aromatic nitrogens is 3. The number of hydrogen-bond acceptors (Lipinski definition) is 6. The molecule has 0 spiro atoms. The SMILES string of the molecule is CC(C)c1ccc(Nc2ncnc(Sc3cccc4cccnc34)c2N)cc1. The lowest BCUT2D eigenvalue weighted by atomic mass is 10.0. The third-order valence-corrected chi connectivity index (χ3v) is 5.56. The molecular formula is C22H21N5S. The van der Waals surface area contributed by atoms with Gasteiger partial charge in [-0.3, -0.25) is 4.98 Å². The highest BCUT2D eigenvalue weighted by Crippen LogP contribution is 2.36. The summed E-state index contributed by atoms with van der Waals surface area (Å²) in [7, 11) is 0. The van der Waals surface area contributed by atoms with Crippen LogP contribution in [0, 0.1) is 0 Å². The van der Waals surface area contributed by atoms with E-state index >= 15 is 0 Å². The summed E-state index contributed by atoms with van der Waals surface area (Å²) in [6.45, 7) is 4.35. The standard InChI is InChI=1S/C22H21N5S/c1-14(2)15-8-10-17(11-9-15)27-21-19(23)22(26-13-25-21)28-18-7-3-5-16-6-4-12-24-20(16)18/h3-14H,23H2,1-2H3,(H,25,26,27). The Morgan fingerprint density at radius 2 is 1.71 bits per heavy atom. The summed E-state index contributed by atoms with van der Waals surface area (Å²) in [5.41, 5.74) is 10.1. The van der Waals surface area contributed by atoms with E-state index in [1.165, 1.54) is 23.7 Å². The van der Waals surface area contributed by atoms with Crippen LogP contribution in [-0.4, -0.2) is 15.0 Å². The number of nitrogen functional groups attached to an aromatic ring is 1. The van der Waals surface area contributed by atoms with Crippen LogP contribution in [-0.2, 0) is 0 Å². The average Bonchev–Trinajstić information content (AvgIpc) is 2.71. The quantitative estimate of drug-likeness (QED) is 0.433. The Hall–Kier alpha value is -3.12. The molecule has 0 bridgehead atoms. The van der Waals surface area contributed by atoms with Crippen LogP contribution < -0.4 is 11.1 Å². The number of rotatable bonds is 5.